The van der Waals surface area contributed by atoms with Gasteiger partial charge in [0.2, 0.25) is 0 Å². The fourth-order valence-corrected chi connectivity index (χ4v) is 1.69. The van der Waals surface area contributed by atoms with Crippen molar-refractivity contribution >= 4 is 11.8 Å². The quantitative estimate of drug-likeness (QED) is 0.534. The summed E-state index contributed by atoms with van der Waals surface area (Å²) < 4.78 is 16.2. The fraction of sp³-hybridized carbons (Fsp3) is 0.750. The minimum atomic E-state index is -0.780. The number of ether oxygens (including phenoxy) is 3. The maximum absolute atomic E-state index is 11.7. The highest BCUT2D eigenvalue weighted by atomic mass is 16.7. The van der Waals surface area contributed by atoms with Crippen LogP contribution in [0.25, 0.3) is 0 Å². The molecule has 120 valence electrons. The van der Waals surface area contributed by atoms with Crippen LogP contribution in [0.4, 0.5) is 0 Å². The van der Waals surface area contributed by atoms with Crippen molar-refractivity contribution in [1.29, 1.82) is 0 Å². The second-order valence-electron chi connectivity index (χ2n) is 6.18. The first-order chi connectivity index (χ1) is 9.84. The van der Waals surface area contributed by atoms with Crippen molar-refractivity contribution in [2.75, 3.05) is 13.2 Å². The Morgan fingerprint density at radius 2 is 2.05 bits per heavy atom. The third kappa shape index (κ3) is 6.40. The standard InChI is InChI=1S/C16H26O5/c1-5-6-7-10-19-14-9-8-12(17)13(21-14)11-20-15(18)16(2,3)4/h8-9,13-14H,5-7,10-11H2,1-4H3/t13-,14+/m1/s1. The minimum Gasteiger partial charge on any atom is -0.462 e. The van der Waals surface area contributed by atoms with E-state index in [4.69, 9.17) is 14.2 Å². The molecule has 0 aromatic rings. The van der Waals surface area contributed by atoms with Gasteiger partial charge in [0.1, 0.15) is 6.61 Å². The summed E-state index contributed by atoms with van der Waals surface area (Å²) in [7, 11) is 0. The van der Waals surface area contributed by atoms with Gasteiger partial charge in [-0.1, -0.05) is 19.8 Å². The molecule has 0 aromatic heterocycles. The largest absolute Gasteiger partial charge is 0.462 e. The third-order valence-corrected chi connectivity index (χ3v) is 3.04. The van der Waals surface area contributed by atoms with E-state index in [0.717, 1.165) is 19.3 Å². The Labute approximate surface area is 126 Å². The molecule has 1 aliphatic heterocycles. The molecule has 0 amide bonds. The monoisotopic (exact) mass is 298 g/mol. The number of hydrogen-bond donors (Lipinski definition) is 0. The molecule has 2 atom stereocenters. The van der Waals surface area contributed by atoms with Gasteiger partial charge in [0.25, 0.3) is 0 Å². The van der Waals surface area contributed by atoms with E-state index in [1.165, 1.54) is 6.08 Å². The van der Waals surface area contributed by atoms with Crippen LogP contribution in [0.3, 0.4) is 0 Å². The van der Waals surface area contributed by atoms with E-state index in [-0.39, 0.29) is 18.4 Å². The van der Waals surface area contributed by atoms with Crippen LogP contribution in [0.5, 0.6) is 0 Å². The first-order valence-corrected chi connectivity index (χ1v) is 7.51. The van der Waals surface area contributed by atoms with Crippen molar-refractivity contribution in [3.8, 4) is 0 Å². The zero-order valence-corrected chi connectivity index (χ0v) is 13.4. The molecule has 0 aliphatic carbocycles. The van der Waals surface area contributed by atoms with E-state index in [0.29, 0.717) is 6.61 Å². The van der Waals surface area contributed by atoms with E-state index in [1.54, 1.807) is 26.8 Å². The second kappa shape index (κ2) is 8.29. The smallest absolute Gasteiger partial charge is 0.311 e. The Balaban J connectivity index is 2.39. The molecule has 1 heterocycles. The molecule has 5 heteroatoms. The summed E-state index contributed by atoms with van der Waals surface area (Å²) in [6, 6.07) is 0. The summed E-state index contributed by atoms with van der Waals surface area (Å²) in [5.74, 6) is -0.556. The van der Waals surface area contributed by atoms with E-state index in [2.05, 4.69) is 6.92 Å². The van der Waals surface area contributed by atoms with Gasteiger partial charge in [-0.3, -0.25) is 9.59 Å². The molecule has 0 saturated carbocycles. The minimum absolute atomic E-state index is 0.0753. The van der Waals surface area contributed by atoms with Gasteiger partial charge in [0, 0.05) is 0 Å². The summed E-state index contributed by atoms with van der Waals surface area (Å²) in [6.45, 7) is 7.92. The van der Waals surface area contributed by atoms with Crippen molar-refractivity contribution in [2.45, 2.75) is 59.4 Å². The van der Waals surface area contributed by atoms with Gasteiger partial charge in [-0.15, -0.1) is 0 Å². The molecule has 0 fully saturated rings. The fourth-order valence-electron chi connectivity index (χ4n) is 1.69. The average molecular weight is 298 g/mol. The van der Waals surface area contributed by atoms with Crippen molar-refractivity contribution in [3.05, 3.63) is 12.2 Å². The van der Waals surface area contributed by atoms with Crippen molar-refractivity contribution in [2.24, 2.45) is 5.41 Å². The van der Waals surface area contributed by atoms with Crippen LogP contribution in [0.1, 0.15) is 47.0 Å². The Bertz CT molecular complexity index is 381. The summed E-state index contributed by atoms with van der Waals surface area (Å²) in [5.41, 5.74) is -0.594. The van der Waals surface area contributed by atoms with Crippen LogP contribution in [0.2, 0.25) is 0 Å². The molecule has 0 spiro atoms. The summed E-state index contributed by atoms with van der Waals surface area (Å²) >= 11 is 0. The predicted molar refractivity (Wildman–Crippen MR) is 78.7 cm³/mol. The molecule has 0 saturated heterocycles. The molecular weight excluding hydrogens is 272 g/mol. The Morgan fingerprint density at radius 3 is 2.67 bits per heavy atom. The first-order valence-electron chi connectivity index (χ1n) is 7.51. The highest BCUT2D eigenvalue weighted by Crippen LogP contribution is 2.17. The maximum atomic E-state index is 11.7. The van der Waals surface area contributed by atoms with Gasteiger partial charge in [-0.25, -0.2) is 0 Å². The van der Waals surface area contributed by atoms with Gasteiger partial charge >= 0.3 is 5.97 Å². The number of carbonyl (C=O) groups is 2. The van der Waals surface area contributed by atoms with Crippen LogP contribution in [-0.4, -0.2) is 37.4 Å². The van der Waals surface area contributed by atoms with Crippen LogP contribution in [0, 0.1) is 5.41 Å². The van der Waals surface area contributed by atoms with Crippen molar-refractivity contribution in [3.63, 3.8) is 0 Å². The molecule has 1 aliphatic rings. The maximum Gasteiger partial charge on any atom is 0.311 e. The lowest BCUT2D eigenvalue weighted by atomic mass is 9.97. The van der Waals surface area contributed by atoms with Crippen LogP contribution >= 0.6 is 0 Å². The van der Waals surface area contributed by atoms with Gasteiger partial charge in [0.05, 0.1) is 12.0 Å². The van der Waals surface area contributed by atoms with Crippen LogP contribution in [-0.2, 0) is 23.8 Å². The number of carbonyl (C=O) groups excluding carboxylic acids is 2. The normalized spacial score (nSPS) is 22.4. The average Bonchev–Trinajstić information content (AvgIpc) is 2.42. The lowest BCUT2D eigenvalue weighted by molar-refractivity contribution is -0.180. The van der Waals surface area contributed by atoms with Crippen molar-refractivity contribution < 1.29 is 23.8 Å². The molecule has 21 heavy (non-hydrogen) atoms. The third-order valence-electron chi connectivity index (χ3n) is 3.04. The van der Waals surface area contributed by atoms with E-state index < -0.39 is 17.8 Å². The van der Waals surface area contributed by atoms with Gasteiger partial charge < -0.3 is 14.2 Å². The molecule has 0 bridgehead atoms. The zero-order valence-electron chi connectivity index (χ0n) is 13.4. The number of hydrogen-bond acceptors (Lipinski definition) is 5. The van der Waals surface area contributed by atoms with Crippen molar-refractivity contribution in [1.82, 2.24) is 0 Å². The van der Waals surface area contributed by atoms with E-state index in [1.807, 2.05) is 0 Å². The predicted octanol–water partition coefficient (Wildman–Crippen LogP) is 2.63. The molecule has 0 unspecified atom stereocenters. The summed E-state index contributed by atoms with van der Waals surface area (Å²) in [6.07, 6.45) is 4.88. The number of rotatable bonds is 7. The first kappa shape index (κ1) is 17.9. The second-order valence-corrected chi connectivity index (χ2v) is 6.18. The molecule has 1 rings (SSSR count). The van der Waals surface area contributed by atoms with Gasteiger partial charge in [-0.2, -0.15) is 0 Å². The highest BCUT2D eigenvalue weighted by molar-refractivity contribution is 5.94. The number of esters is 1. The summed E-state index contributed by atoms with van der Waals surface area (Å²) in [4.78, 5) is 23.4. The molecule has 0 aromatic carbocycles. The highest BCUT2D eigenvalue weighted by Gasteiger charge is 2.29. The Kier molecular flexibility index (Phi) is 7.05. The molecule has 0 N–H and O–H groups in total. The Morgan fingerprint density at radius 1 is 1.33 bits per heavy atom. The zero-order chi connectivity index (χ0) is 15.9. The lowest BCUT2D eigenvalue weighted by Crippen LogP contribution is -2.38. The van der Waals surface area contributed by atoms with Gasteiger partial charge in [0.15, 0.2) is 18.2 Å². The van der Waals surface area contributed by atoms with Crippen LogP contribution in [0.15, 0.2) is 12.2 Å². The summed E-state index contributed by atoms with van der Waals surface area (Å²) in [5, 5.41) is 0. The number of unbranched alkanes of at least 4 members (excludes halogenated alkanes) is 2. The van der Waals surface area contributed by atoms with Gasteiger partial charge in [-0.05, 0) is 39.3 Å². The van der Waals surface area contributed by atoms with Crippen LogP contribution < -0.4 is 0 Å². The SMILES string of the molecule is CCCCCO[C@@H]1C=CC(=O)[C@@H](COC(=O)C(C)(C)C)O1. The van der Waals surface area contributed by atoms with E-state index in [9.17, 15) is 9.59 Å². The molecule has 5 nitrogen and oxygen atoms in total. The van der Waals surface area contributed by atoms with E-state index >= 15 is 0 Å². The molecular formula is C16H26O5. The topological polar surface area (TPSA) is 61.8 Å². The molecule has 0 radical (unpaired) electrons. The number of ketones is 1. The lowest BCUT2D eigenvalue weighted by Gasteiger charge is -2.26. The Hall–Kier alpha value is -1.20.